The highest BCUT2D eigenvalue weighted by Crippen LogP contribution is 2.42. The van der Waals surface area contributed by atoms with Gasteiger partial charge in [-0.2, -0.15) is 0 Å². The van der Waals surface area contributed by atoms with Gasteiger partial charge < -0.3 is 4.57 Å². The number of halogens is 4. The van der Waals surface area contributed by atoms with Crippen LogP contribution in [0.1, 0.15) is 0 Å². The Balaban J connectivity index is 3.01. The zero-order valence-corrected chi connectivity index (χ0v) is 10.1. The van der Waals surface area contributed by atoms with Crippen LogP contribution in [0.5, 0.6) is 0 Å². The zero-order chi connectivity index (χ0) is 10.5. The van der Waals surface area contributed by atoms with Gasteiger partial charge in [0.05, 0.1) is 20.1 Å². The van der Waals surface area contributed by atoms with Crippen molar-refractivity contribution in [1.29, 1.82) is 0 Å². The van der Waals surface area contributed by atoms with E-state index < -0.39 is 0 Å². The van der Waals surface area contributed by atoms with E-state index >= 15 is 0 Å². The first kappa shape index (κ1) is 10.4. The normalized spacial score (nSPS) is 11.2. The van der Waals surface area contributed by atoms with Crippen molar-refractivity contribution in [2.45, 2.75) is 0 Å². The molecule has 0 fully saturated rings. The fourth-order valence-electron chi connectivity index (χ4n) is 1.36. The Bertz CT molecular complexity index is 470. The second kappa shape index (κ2) is 3.49. The summed E-state index contributed by atoms with van der Waals surface area (Å²) in [6.45, 7) is 0. The minimum atomic E-state index is 0.303. The molecular formula is C9H5Cl4N. The first-order chi connectivity index (χ1) is 6.52. The Morgan fingerprint density at radius 1 is 0.786 bits per heavy atom. The van der Waals surface area contributed by atoms with Gasteiger partial charge in [-0.15, -0.1) is 0 Å². The maximum absolute atomic E-state index is 6.03. The summed E-state index contributed by atoms with van der Waals surface area (Å²) in [5.41, 5.74) is 0. The quantitative estimate of drug-likeness (QED) is 0.478. The lowest BCUT2D eigenvalue weighted by atomic mass is 10.2. The van der Waals surface area contributed by atoms with Crippen LogP contribution in [0.2, 0.25) is 20.1 Å². The summed E-state index contributed by atoms with van der Waals surface area (Å²) in [6.07, 6.45) is 3.71. The third kappa shape index (κ3) is 1.40. The van der Waals surface area contributed by atoms with Gasteiger partial charge >= 0.3 is 0 Å². The molecular weight excluding hydrogens is 264 g/mol. The van der Waals surface area contributed by atoms with Crippen LogP contribution in [-0.2, 0) is 7.05 Å². The van der Waals surface area contributed by atoms with E-state index in [9.17, 15) is 0 Å². The molecule has 0 saturated carbocycles. The van der Waals surface area contributed by atoms with E-state index in [1.54, 1.807) is 0 Å². The predicted molar refractivity (Wildman–Crippen MR) is 63.0 cm³/mol. The molecule has 1 nitrogen and oxygen atoms in total. The fraction of sp³-hybridized carbons (Fsp3) is 0.111. The fourth-order valence-corrected chi connectivity index (χ4v) is 2.34. The van der Waals surface area contributed by atoms with Gasteiger partial charge in [0.1, 0.15) is 0 Å². The molecule has 0 saturated heterocycles. The van der Waals surface area contributed by atoms with Crippen molar-refractivity contribution in [2.75, 3.05) is 0 Å². The van der Waals surface area contributed by atoms with Gasteiger partial charge in [0.25, 0.3) is 0 Å². The molecule has 1 aromatic carbocycles. The van der Waals surface area contributed by atoms with E-state index in [1.807, 2.05) is 24.0 Å². The molecule has 0 aliphatic carbocycles. The van der Waals surface area contributed by atoms with E-state index in [0.717, 1.165) is 10.8 Å². The van der Waals surface area contributed by atoms with Gasteiger partial charge in [-0.1, -0.05) is 46.4 Å². The molecule has 2 rings (SSSR count). The number of hydrogen-bond acceptors (Lipinski definition) is 0. The lowest BCUT2D eigenvalue weighted by Crippen LogP contribution is -1.76. The van der Waals surface area contributed by atoms with Gasteiger partial charge in [-0.3, -0.25) is 0 Å². The second-order valence-corrected chi connectivity index (χ2v) is 4.52. The largest absolute Gasteiger partial charge is 0.356 e. The lowest BCUT2D eigenvalue weighted by Gasteiger charge is -2.03. The molecule has 0 N–H and O–H groups in total. The van der Waals surface area contributed by atoms with Crippen LogP contribution >= 0.6 is 46.4 Å². The maximum Gasteiger partial charge on any atom is 0.0800 e. The molecule has 1 heterocycles. The molecule has 1 aromatic heterocycles. The maximum atomic E-state index is 6.03. The second-order valence-electron chi connectivity index (χ2n) is 3.01. The summed E-state index contributed by atoms with van der Waals surface area (Å²) in [6, 6.07) is 0. The molecule has 14 heavy (non-hydrogen) atoms. The number of fused-ring (bicyclic) bond motifs is 1. The van der Waals surface area contributed by atoms with E-state index in [0.29, 0.717) is 20.1 Å². The molecule has 0 spiro atoms. The number of benzene rings is 1. The van der Waals surface area contributed by atoms with Gasteiger partial charge in [-0.05, 0) is 0 Å². The van der Waals surface area contributed by atoms with Crippen molar-refractivity contribution in [2.24, 2.45) is 7.05 Å². The summed E-state index contributed by atoms with van der Waals surface area (Å²) >= 11 is 23.9. The molecule has 0 aliphatic rings. The Kier molecular flexibility index (Phi) is 2.61. The summed E-state index contributed by atoms with van der Waals surface area (Å²) < 4.78 is 1.86. The van der Waals surface area contributed by atoms with Crippen LogP contribution in [0.15, 0.2) is 12.4 Å². The van der Waals surface area contributed by atoms with Crippen molar-refractivity contribution < 1.29 is 0 Å². The van der Waals surface area contributed by atoms with Crippen LogP contribution in [0.3, 0.4) is 0 Å². The van der Waals surface area contributed by atoms with Crippen LogP contribution in [0.25, 0.3) is 10.8 Å². The van der Waals surface area contributed by atoms with Gasteiger partial charge in [-0.25, -0.2) is 0 Å². The highest BCUT2D eigenvalue weighted by atomic mass is 35.5. The third-order valence-electron chi connectivity index (χ3n) is 2.01. The Morgan fingerprint density at radius 3 is 1.50 bits per heavy atom. The Hall–Kier alpha value is -0.0800. The number of rotatable bonds is 0. The highest BCUT2D eigenvalue weighted by molar-refractivity contribution is 6.55. The third-order valence-corrected chi connectivity index (χ3v) is 3.84. The van der Waals surface area contributed by atoms with E-state index in [1.165, 1.54) is 0 Å². The van der Waals surface area contributed by atoms with Crippen molar-refractivity contribution >= 4 is 57.2 Å². The molecule has 2 aromatic rings. The molecule has 0 bridgehead atoms. The van der Waals surface area contributed by atoms with E-state index in [2.05, 4.69) is 0 Å². The zero-order valence-electron chi connectivity index (χ0n) is 7.11. The number of aryl methyl sites for hydroxylation is 1. The standard InChI is InChI=1S/C9H5Cl4N/c1-14-2-4-5(3-14)7(11)9(13)8(12)6(4)10/h2-3H,1H3. The number of hydrogen-bond donors (Lipinski definition) is 0. The summed E-state index contributed by atoms with van der Waals surface area (Å²) in [5, 5.41) is 3.12. The molecule has 0 radical (unpaired) electrons. The van der Waals surface area contributed by atoms with Gasteiger partial charge in [0.2, 0.25) is 0 Å². The number of nitrogens with zero attached hydrogens (tertiary/aromatic N) is 1. The van der Waals surface area contributed by atoms with Gasteiger partial charge in [0.15, 0.2) is 0 Å². The van der Waals surface area contributed by atoms with Gasteiger partial charge in [0, 0.05) is 30.2 Å². The minimum Gasteiger partial charge on any atom is -0.356 e. The lowest BCUT2D eigenvalue weighted by molar-refractivity contribution is 0.933. The molecule has 0 unspecified atom stereocenters. The van der Waals surface area contributed by atoms with Crippen molar-refractivity contribution in [1.82, 2.24) is 4.57 Å². The monoisotopic (exact) mass is 267 g/mol. The van der Waals surface area contributed by atoms with Crippen LogP contribution in [0, 0.1) is 0 Å². The van der Waals surface area contributed by atoms with Crippen LogP contribution in [-0.4, -0.2) is 4.57 Å². The summed E-state index contributed by atoms with van der Waals surface area (Å²) in [4.78, 5) is 0. The van der Waals surface area contributed by atoms with Crippen molar-refractivity contribution in [3.05, 3.63) is 32.5 Å². The Morgan fingerprint density at radius 2 is 1.14 bits per heavy atom. The first-order valence-corrected chi connectivity index (χ1v) is 5.31. The Labute approximate surface area is 101 Å². The molecule has 0 atom stereocenters. The van der Waals surface area contributed by atoms with Crippen molar-refractivity contribution in [3.63, 3.8) is 0 Å². The van der Waals surface area contributed by atoms with E-state index in [4.69, 9.17) is 46.4 Å². The van der Waals surface area contributed by atoms with Crippen LogP contribution in [0.4, 0.5) is 0 Å². The SMILES string of the molecule is Cn1cc2c(Cl)c(Cl)c(Cl)c(Cl)c2c1. The van der Waals surface area contributed by atoms with Crippen molar-refractivity contribution in [3.8, 4) is 0 Å². The minimum absolute atomic E-state index is 0.303. The average molecular weight is 269 g/mol. The number of aromatic nitrogens is 1. The topological polar surface area (TPSA) is 4.93 Å². The molecule has 74 valence electrons. The summed E-state index contributed by atoms with van der Waals surface area (Å²) in [5.74, 6) is 0. The summed E-state index contributed by atoms with van der Waals surface area (Å²) in [7, 11) is 1.88. The highest BCUT2D eigenvalue weighted by Gasteiger charge is 2.15. The average Bonchev–Trinajstić information content (AvgIpc) is 2.54. The van der Waals surface area contributed by atoms with E-state index in [-0.39, 0.29) is 0 Å². The predicted octanol–water partition coefficient (Wildman–Crippen LogP) is 4.79. The molecule has 0 amide bonds. The van der Waals surface area contributed by atoms with Crippen LogP contribution < -0.4 is 0 Å². The molecule has 0 aliphatic heterocycles. The smallest absolute Gasteiger partial charge is 0.0800 e. The molecule has 5 heteroatoms. The first-order valence-electron chi connectivity index (χ1n) is 3.80.